The largest absolute Gasteiger partial charge is 0.514 e. The highest BCUT2D eigenvalue weighted by molar-refractivity contribution is 5.88. The molecule has 0 fully saturated rings. The van der Waals surface area contributed by atoms with Gasteiger partial charge in [-0.15, -0.1) is 0 Å². The van der Waals surface area contributed by atoms with E-state index >= 15 is 0 Å². The molecule has 0 aliphatic heterocycles. The first-order valence-electron chi connectivity index (χ1n) is 11.5. The minimum atomic E-state index is -0.762. The molecule has 0 amide bonds. The second kappa shape index (κ2) is 10.7. The molecule has 0 saturated carbocycles. The first-order valence-corrected chi connectivity index (χ1v) is 11.5. The maximum Gasteiger partial charge on any atom is 0.514 e. The second-order valence-electron chi connectivity index (χ2n) is 10.1. The van der Waals surface area contributed by atoms with Gasteiger partial charge in [0.15, 0.2) is 0 Å². The normalized spacial score (nSPS) is 11.4. The highest BCUT2D eigenvalue weighted by atomic mass is 16.7. The van der Waals surface area contributed by atoms with E-state index < -0.39 is 23.5 Å². The van der Waals surface area contributed by atoms with Crippen molar-refractivity contribution < 1.29 is 33.3 Å². The van der Waals surface area contributed by atoms with Crippen molar-refractivity contribution in [2.75, 3.05) is 7.11 Å². The molecule has 0 aliphatic carbocycles. The fraction of sp³-hybridized carbons (Fsp3) is 0.310. The summed E-state index contributed by atoms with van der Waals surface area (Å²) < 4.78 is 26.6. The van der Waals surface area contributed by atoms with Gasteiger partial charge in [-0.05, 0) is 88.6 Å². The summed E-state index contributed by atoms with van der Waals surface area (Å²) >= 11 is 0. The molecule has 3 aromatic rings. The van der Waals surface area contributed by atoms with Crippen molar-refractivity contribution in [1.82, 2.24) is 0 Å². The SMILES string of the molecule is COc1cccc(-c2ccc(OC(=O)OC(C)(C)C)cc2)c1-c1ccc(OC(=O)OC(C)(C)C)cc1. The van der Waals surface area contributed by atoms with Crippen LogP contribution >= 0.6 is 0 Å². The molecule has 0 N–H and O–H groups in total. The van der Waals surface area contributed by atoms with Gasteiger partial charge in [-0.3, -0.25) is 0 Å². The van der Waals surface area contributed by atoms with Gasteiger partial charge in [0, 0.05) is 5.56 Å². The zero-order valence-corrected chi connectivity index (χ0v) is 21.7. The van der Waals surface area contributed by atoms with Crippen LogP contribution < -0.4 is 14.2 Å². The molecule has 0 unspecified atom stereocenters. The highest BCUT2D eigenvalue weighted by Crippen LogP contribution is 2.40. The van der Waals surface area contributed by atoms with E-state index in [1.54, 1.807) is 72.9 Å². The van der Waals surface area contributed by atoms with Crippen molar-refractivity contribution in [3.63, 3.8) is 0 Å². The Kier molecular flexibility index (Phi) is 7.93. The average molecular weight is 493 g/mol. The lowest BCUT2D eigenvalue weighted by atomic mass is 9.93. The molecular weight excluding hydrogens is 460 g/mol. The number of hydrogen-bond donors (Lipinski definition) is 0. The lowest BCUT2D eigenvalue weighted by molar-refractivity contribution is 0.0193. The minimum Gasteiger partial charge on any atom is -0.496 e. The zero-order chi connectivity index (χ0) is 26.5. The molecule has 0 atom stereocenters. The Morgan fingerprint density at radius 3 is 1.47 bits per heavy atom. The molecule has 190 valence electrons. The van der Waals surface area contributed by atoms with E-state index in [0.717, 1.165) is 22.3 Å². The Hall–Kier alpha value is -4.00. The standard InChI is InChI=1S/C29H32O7/c1-28(2,3)35-26(30)33-21-15-11-19(12-16-21)23-9-8-10-24(32-7)25(23)20-13-17-22(18-14-20)34-27(31)36-29(4,5)6/h8-18H,1-7H3. The monoisotopic (exact) mass is 492 g/mol. The molecule has 3 aromatic carbocycles. The van der Waals surface area contributed by atoms with Crippen LogP contribution in [0.5, 0.6) is 17.2 Å². The van der Waals surface area contributed by atoms with Crippen LogP contribution in [0.25, 0.3) is 22.3 Å². The third-order valence-electron chi connectivity index (χ3n) is 4.74. The maximum absolute atomic E-state index is 12.0. The third kappa shape index (κ3) is 7.50. The Labute approximate surface area is 211 Å². The van der Waals surface area contributed by atoms with E-state index in [1.807, 2.05) is 42.5 Å². The molecule has 7 nitrogen and oxygen atoms in total. The molecule has 0 aromatic heterocycles. The Morgan fingerprint density at radius 2 is 1.06 bits per heavy atom. The molecule has 0 saturated heterocycles. The zero-order valence-electron chi connectivity index (χ0n) is 21.7. The molecule has 0 heterocycles. The van der Waals surface area contributed by atoms with Gasteiger partial charge in [0.2, 0.25) is 0 Å². The van der Waals surface area contributed by atoms with Crippen molar-refractivity contribution in [2.45, 2.75) is 52.7 Å². The molecule has 0 bridgehead atoms. The summed E-state index contributed by atoms with van der Waals surface area (Å²) in [7, 11) is 1.61. The van der Waals surface area contributed by atoms with E-state index in [9.17, 15) is 9.59 Å². The summed E-state index contributed by atoms with van der Waals surface area (Å²) in [6.07, 6.45) is -1.52. The van der Waals surface area contributed by atoms with Crippen molar-refractivity contribution in [2.24, 2.45) is 0 Å². The molecule has 0 aliphatic rings. The number of benzene rings is 3. The molecule has 0 radical (unpaired) electrons. The van der Waals surface area contributed by atoms with Crippen LogP contribution in [0.15, 0.2) is 66.7 Å². The van der Waals surface area contributed by atoms with E-state index in [-0.39, 0.29) is 0 Å². The van der Waals surface area contributed by atoms with Gasteiger partial charge in [-0.25, -0.2) is 9.59 Å². The van der Waals surface area contributed by atoms with Gasteiger partial charge in [0.1, 0.15) is 28.5 Å². The topological polar surface area (TPSA) is 80.3 Å². The number of methoxy groups -OCH3 is 1. The Morgan fingerprint density at radius 1 is 0.611 bits per heavy atom. The quantitative estimate of drug-likeness (QED) is 0.267. The van der Waals surface area contributed by atoms with Crippen LogP contribution in [0.4, 0.5) is 9.59 Å². The van der Waals surface area contributed by atoms with E-state index in [4.69, 9.17) is 23.7 Å². The summed E-state index contributed by atoms with van der Waals surface area (Å²) in [5, 5.41) is 0. The molecule has 7 heteroatoms. The van der Waals surface area contributed by atoms with Gasteiger partial charge in [-0.1, -0.05) is 36.4 Å². The van der Waals surface area contributed by atoms with Gasteiger partial charge in [0.25, 0.3) is 0 Å². The first-order chi connectivity index (χ1) is 16.8. The van der Waals surface area contributed by atoms with Gasteiger partial charge < -0.3 is 23.7 Å². The van der Waals surface area contributed by atoms with Crippen molar-refractivity contribution in [3.05, 3.63) is 66.7 Å². The Balaban J connectivity index is 1.86. The fourth-order valence-corrected chi connectivity index (χ4v) is 3.37. The smallest absolute Gasteiger partial charge is 0.496 e. The summed E-state index contributed by atoms with van der Waals surface area (Å²) in [6.45, 7) is 10.7. The second-order valence-corrected chi connectivity index (χ2v) is 10.1. The Bertz CT molecular complexity index is 1200. The number of carbonyl (C=O) groups is 2. The number of ether oxygens (including phenoxy) is 5. The summed E-state index contributed by atoms with van der Waals surface area (Å²) in [4.78, 5) is 23.9. The van der Waals surface area contributed by atoms with E-state index in [0.29, 0.717) is 17.2 Å². The molecule has 0 spiro atoms. The van der Waals surface area contributed by atoms with Crippen molar-refractivity contribution >= 4 is 12.3 Å². The van der Waals surface area contributed by atoms with Crippen LogP contribution in [-0.4, -0.2) is 30.6 Å². The molecule has 3 rings (SSSR count). The summed E-state index contributed by atoms with van der Waals surface area (Å²) in [5.41, 5.74) is 2.27. The average Bonchev–Trinajstić information content (AvgIpc) is 2.77. The lowest BCUT2D eigenvalue weighted by Gasteiger charge is -2.19. The number of rotatable bonds is 5. The fourth-order valence-electron chi connectivity index (χ4n) is 3.37. The van der Waals surface area contributed by atoms with Gasteiger partial charge >= 0.3 is 12.3 Å². The van der Waals surface area contributed by atoms with E-state index in [1.165, 1.54) is 0 Å². The lowest BCUT2D eigenvalue weighted by Crippen LogP contribution is -2.25. The van der Waals surface area contributed by atoms with Crippen molar-refractivity contribution in [1.29, 1.82) is 0 Å². The maximum atomic E-state index is 12.0. The van der Waals surface area contributed by atoms with Gasteiger partial charge in [-0.2, -0.15) is 0 Å². The van der Waals surface area contributed by atoms with Crippen LogP contribution in [0.2, 0.25) is 0 Å². The third-order valence-corrected chi connectivity index (χ3v) is 4.74. The van der Waals surface area contributed by atoms with Crippen LogP contribution in [0.1, 0.15) is 41.5 Å². The van der Waals surface area contributed by atoms with Crippen molar-refractivity contribution in [3.8, 4) is 39.5 Å². The summed E-state index contributed by atoms with van der Waals surface area (Å²) in [6, 6.07) is 20.0. The molecule has 36 heavy (non-hydrogen) atoms. The predicted octanol–water partition coefficient (Wildman–Crippen LogP) is 7.66. The van der Waals surface area contributed by atoms with Gasteiger partial charge in [0.05, 0.1) is 7.11 Å². The summed E-state index contributed by atoms with van der Waals surface area (Å²) in [5.74, 6) is 1.43. The number of carbonyl (C=O) groups excluding carboxylic acids is 2. The highest BCUT2D eigenvalue weighted by Gasteiger charge is 2.20. The van der Waals surface area contributed by atoms with E-state index in [2.05, 4.69) is 0 Å². The number of hydrogen-bond acceptors (Lipinski definition) is 7. The van der Waals surface area contributed by atoms with Crippen LogP contribution in [-0.2, 0) is 9.47 Å². The van der Waals surface area contributed by atoms with Crippen LogP contribution in [0, 0.1) is 0 Å². The predicted molar refractivity (Wildman–Crippen MR) is 138 cm³/mol. The minimum absolute atomic E-state index is 0.369. The van der Waals surface area contributed by atoms with Crippen LogP contribution in [0.3, 0.4) is 0 Å². The first kappa shape index (κ1) is 26.6. The molecular formula is C29H32O7.